The molecular formula is C19H28O2. The molecule has 0 saturated heterocycles. The quantitative estimate of drug-likeness (QED) is 0.719. The summed E-state index contributed by atoms with van der Waals surface area (Å²) < 4.78 is 11.9. The maximum Gasteiger partial charge on any atom is 0.161 e. The highest BCUT2D eigenvalue weighted by molar-refractivity contribution is 5.44. The second kappa shape index (κ2) is 6.29. The number of ether oxygens (including phenoxy) is 2. The van der Waals surface area contributed by atoms with Crippen LogP contribution in [0.3, 0.4) is 0 Å². The van der Waals surface area contributed by atoms with E-state index in [1.165, 1.54) is 44.1 Å². The molecule has 21 heavy (non-hydrogen) atoms. The zero-order valence-corrected chi connectivity index (χ0v) is 13.6. The van der Waals surface area contributed by atoms with Crippen molar-refractivity contribution >= 4 is 0 Å². The first-order chi connectivity index (χ1) is 10.2. The van der Waals surface area contributed by atoms with Gasteiger partial charge in [0.1, 0.15) is 6.10 Å². The van der Waals surface area contributed by atoms with E-state index in [1.54, 1.807) is 7.11 Å². The average molecular weight is 288 g/mol. The Kier molecular flexibility index (Phi) is 4.42. The summed E-state index contributed by atoms with van der Waals surface area (Å²) in [4.78, 5) is 0. The van der Waals surface area contributed by atoms with Crippen molar-refractivity contribution in [3.63, 3.8) is 0 Å². The second-order valence-electron chi connectivity index (χ2n) is 6.75. The molecule has 0 aromatic heterocycles. The first kappa shape index (κ1) is 14.7. The van der Waals surface area contributed by atoms with Crippen molar-refractivity contribution in [2.24, 2.45) is 11.8 Å². The summed E-state index contributed by atoms with van der Waals surface area (Å²) in [6, 6.07) is 6.50. The van der Waals surface area contributed by atoms with Crippen molar-refractivity contribution in [2.45, 2.75) is 64.4 Å². The molecular weight excluding hydrogens is 260 g/mol. The minimum absolute atomic E-state index is 0.412. The molecule has 3 atom stereocenters. The van der Waals surface area contributed by atoms with E-state index in [0.717, 1.165) is 23.3 Å². The highest BCUT2D eigenvalue weighted by Gasteiger charge is 2.41. The number of hydrogen-bond acceptors (Lipinski definition) is 2. The van der Waals surface area contributed by atoms with Gasteiger partial charge in [0, 0.05) is 0 Å². The summed E-state index contributed by atoms with van der Waals surface area (Å²) in [5, 5.41) is 0. The van der Waals surface area contributed by atoms with E-state index in [0.29, 0.717) is 12.0 Å². The standard InChI is InChI=1S/C19H28O2/c1-4-14(5-2)15-8-9-17(20-3)19(12-15)21-18-11-13-6-7-16(18)10-13/h8-9,12-14,16,18H,4-7,10-11H2,1-3H3/t13-,16+,18-/m1/s1. The molecule has 2 saturated carbocycles. The lowest BCUT2D eigenvalue weighted by molar-refractivity contribution is 0.133. The lowest BCUT2D eigenvalue weighted by Crippen LogP contribution is -2.23. The predicted octanol–water partition coefficient (Wildman–Crippen LogP) is 5.17. The first-order valence-corrected chi connectivity index (χ1v) is 8.59. The van der Waals surface area contributed by atoms with E-state index >= 15 is 0 Å². The first-order valence-electron chi connectivity index (χ1n) is 8.59. The Balaban J connectivity index is 1.80. The number of hydrogen-bond donors (Lipinski definition) is 0. The summed E-state index contributed by atoms with van der Waals surface area (Å²) >= 11 is 0. The van der Waals surface area contributed by atoms with Crippen LogP contribution in [0.5, 0.6) is 11.5 Å². The summed E-state index contributed by atoms with van der Waals surface area (Å²) in [6.07, 6.45) is 8.14. The molecule has 1 aromatic rings. The predicted molar refractivity (Wildman–Crippen MR) is 86.2 cm³/mol. The van der Waals surface area contributed by atoms with E-state index in [1.807, 2.05) is 0 Å². The maximum atomic E-state index is 6.39. The van der Waals surface area contributed by atoms with Crippen LogP contribution in [0.25, 0.3) is 0 Å². The number of fused-ring (bicyclic) bond motifs is 2. The van der Waals surface area contributed by atoms with Crippen LogP contribution in [-0.2, 0) is 0 Å². The Bertz CT molecular complexity index is 478. The molecule has 2 nitrogen and oxygen atoms in total. The smallest absolute Gasteiger partial charge is 0.161 e. The molecule has 2 bridgehead atoms. The topological polar surface area (TPSA) is 18.5 Å². The second-order valence-corrected chi connectivity index (χ2v) is 6.75. The molecule has 2 aliphatic carbocycles. The molecule has 0 aliphatic heterocycles. The fourth-order valence-corrected chi connectivity index (χ4v) is 4.29. The van der Waals surface area contributed by atoms with E-state index in [4.69, 9.17) is 9.47 Å². The van der Waals surface area contributed by atoms with Gasteiger partial charge in [0.25, 0.3) is 0 Å². The largest absolute Gasteiger partial charge is 0.493 e. The Morgan fingerprint density at radius 1 is 1.10 bits per heavy atom. The monoisotopic (exact) mass is 288 g/mol. The zero-order valence-electron chi connectivity index (χ0n) is 13.6. The Morgan fingerprint density at radius 3 is 2.48 bits per heavy atom. The number of benzene rings is 1. The molecule has 2 heteroatoms. The van der Waals surface area contributed by atoms with Gasteiger partial charge in [-0.1, -0.05) is 19.9 Å². The molecule has 0 spiro atoms. The van der Waals surface area contributed by atoms with E-state index in [2.05, 4.69) is 32.0 Å². The van der Waals surface area contributed by atoms with Gasteiger partial charge in [0.15, 0.2) is 11.5 Å². The van der Waals surface area contributed by atoms with Gasteiger partial charge in [-0.25, -0.2) is 0 Å². The van der Waals surface area contributed by atoms with Crippen LogP contribution in [0.15, 0.2) is 18.2 Å². The Labute approximate surface area is 128 Å². The van der Waals surface area contributed by atoms with Crippen LogP contribution in [0.2, 0.25) is 0 Å². The zero-order chi connectivity index (χ0) is 14.8. The lowest BCUT2D eigenvalue weighted by Gasteiger charge is -2.25. The minimum Gasteiger partial charge on any atom is -0.493 e. The summed E-state index contributed by atoms with van der Waals surface area (Å²) in [5.41, 5.74) is 1.39. The van der Waals surface area contributed by atoms with Gasteiger partial charge in [-0.15, -0.1) is 0 Å². The minimum atomic E-state index is 0.412. The van der Waals surface area contributed by atoms with Gasteiger partial charge in [-0.05, 0) is 74.0 Å². The van der Waals surface area contributed by atoms with E-state index < -0.39 is 0 Å². The highest BCUT2D eigenvalue weighted by Crippen LogP contribution is 2.47. The highest BCUT2D eigenvalue weighted by atomic mass is 16.5. The van der Waals surface area contributed by atoms with Crippen molar-refractivity contribution in [3.8, 4) is 11.5 Å². The van der Waals surface area contributed by atoms with Crippen molar-refractivity contribution in [1.82, 2.24) is 0 Å². The van der Waals surface area contributed by atoms with Crippen molar-refractivity contribution in [2.75, 3.05) is 7.11 Å². The van der Waals surface area contributed by atoms with Crippen LogP contribution >= 0.6 is 0 Å². The molecule has 116 valence electrons. The van der Waals surface area contributed by atoms with E-state index in [9.17, 15) is 0 Å². The maximum absolute atomic E-state index is 6.39. The Morgan fingerprint density at radius 2 is 1.90 bits per heavy atom. The SMILES string of the molecule is CCC(CC)c1ccc(OC)c(O[C@@H]2C[C@@H]3CC[C@H]2C3)c1. The molecule has 0 unspecified atom stereocenters. The molecule has 0 heterocycles. The van der Waals surface area contributed by atoms with Crippen LogP contribution in [0, 0.1) is 11.8 Å². The lowest BCUT2D eigenvalue weighted by atomic mass is 9.93. The van der Waals surface area contributed by atoms with Crippen molar-refractivity contribution in [3.05, 3.63) is 23.8 Å². The number of rotatable bonds is 6. The third kappa shape index (κ3) is 2.90. The van der Waals surface area contributed by atoms with Gasteiger partial charge in [0.2, 0.25) is 0 Å². The average Bonchev–Trinajstić information content (AvgIpc) is 3.11. The van der Waals surface area contributed by atoms with Gasteiger partial charge in [-0.3, -0.25) is 0 Å². The fourth-order valence-electron chi connectivity index (χ4n) is 4.29. The normalized spacial score (nSPS) is 27.3. The van der Waals surface area contributed by atoms with Crippen LogP contribution in [-0.4, -0.2) is 13.2 Å². The summed E-state index contributed by atoms with van der Waals surface area (Å²) in [6.45, 7) is 4.52. The molecule has 0 radical (unpaired) electrons. The van der Waals surface area contributed by atoms with Crippen molar-refractivity contribution < 1.29 is 9.47 Å². The van der Waals surface area contributed by atoms with Crippen LogP contribution < -0.4 is 9.47 Å². The Hall–Kier alpha value is -1.18. The molecule has 1 aromatic carbocycles. The third-order valence-corrected chi connectivity index (χ3v) is 5.60. The van der Waals surface area contributed by atoms with Gasteiger partial charge in [-0.2, -0.15) is 0 Å². The van der Waals surface area contributed by atoms with Gasteiger partial charge < -0.3 is 9.47 Å². The molecule has 2 fully saturated rings. The molecule has 3 rings (SSSR count). The number of methoxy groups -OCH3 is 1. The van der Waals surface area contributed by atoms with Crippen molar-refractivity contribution in [1.29, 1.82) is 0 Å². The fraction of sp³-hybridized carbons (Fsp3) is 0.684. The van der Waals surface area contributed by atoms with Crippen LogP contribution in [0.1, 0.15) is 63.9 Å². The van der Waals surface area contributed by atoms with Gasteiger partial charge in [0.05, 0.1) is 7.11 Å². The van der Waals surface area contributed by atoms with Crippen LogP contribution in [0.4, 0.5) is 0 Å². The van der Waals surface area contributed by atoms with E-state index in [-0.39, 0.29) is 0 Å². The summed E-state index contributed by atoms with van der Waals surface area (Å²) in [7, 11) is 1.74. The summed E-state index contributed by atoms with van der Waals surface area (Å²) in [5.74, 6) is 4.15. The molecule has 0 N–H and O–H groups in total. The van der Waals surface area contributed by atoms with Gasteiger partial charge >= 0.3 is 0 Å². The third-order valence-electron chi connectivity index (χ3n) is 5.60. The molecule has 2 aliphatic rings. The molecule has 0 amide bonds.